The highest BCUT2D eigenvalue weighted by Gasteiger charge is 2.16. The number of benzene rings is 1. The first-order valence-electron chi connectivity index (χ1n) is 5.99. The van der Waals surface area contributed by atoms with Crippen LogP contribution < -0.4 is 10.5 Å². The van der Waals surface area contributed by atoms with E-state index in [9.17, 15) is 8.42 Å². The number of nitrogens with two attached hydrogens (primary N) is 1. The Balaban J connectivity index is 2.37. The van der Waals surface area contributed by atoms with Crippen molar-refractivity contribution in [2.75, 3.05) is 10.5 Å². The van der Waals surface area contributed by atoms with E-state index < -0.39 is 10.0 Å². The summed E-state index contributed by atoms with van der Waals surface area (Å²) in [6.07, 6.45) is 0. The normalized spacial score (nSPS) is 11.3. The van der Waals surface area contributed by atoms with Gasteiger partial charge in [0.25, 0.3) is 10.0 Å². The molecule has 0 aliphatic heterocycles. The molecule has 1 heterocycles. The van der Waals surface area contributed by atoms with Crippen LogP contribution in [0, 0.1) is 20.8 Å². The van der Waals surface area contributed by atoms with E-state index in [1.807, 2.05) is 6.92 Å². The van der Waals surface area contributed by atoms with Crippen molar-refractivity contribution in [1.29, 1.82) is 0 Å². The first kappa shape index (κ1) is 14.3. The Morgan fingerprint density at radius 1 is 1.05 bits per heavy atom. The maximum atomic E-state index is 12.2. The highest BCUT2D eigenvalue weighted by molar-refractivity contribution is 7.92. The summed E-state index contributed by atoms with van der Waals surface area (Å²) in [4.78, 5) is 8.19. The van der Waals surface area contributed by atoms with Crippen molar-refractivity contribution in [3.63, 3.8) is 0 Å². The number of nitrogen functional groups attached to an aromatic ring is 1. The Morgan fingerprint density at radius 3 is 2.20 bits per heavy atom. The molecule has 0 fully saturated rings. The lowest BCUT2D eigenvalue weighted by Crippen LogP contribution is -2.16. The molecule has 106 valence electrons. The smallest absolute Gasteiger partial charge is 0.264 e. The third-order valence-corrected chi connectivity index (χ3v) is 4.09. The second-order valence-electron chi connectivity index (χ2n) is 4.60. The number of rotatable bonds is 3. The van der Waals surface area contributed by atoms with E-state index in [0.717, 1.165) is 5.56 Å². The molecule has 0 saturated heterocycles. The molecule has 2 aromatic rings. The SMILES string of the molecule is Cc1cc(C)nc(NS(=O)(=O)c2ccc(C)c(N)c2)n1. The molecule has 0 atom stereocenters. The van der Waals surface area contributed by atoms with E-state index in [1.165, 1.54) is 12.1 Å². The summed E-state index contributed by atoms with van der Waals surface area (Å²) in [6, 6.07) is 6.34. The van der Waals surface area contributed by atoms with E-state index in [-0.39, 0.29) is 10.8 Å². The van der Waals surface area contributed by atoms with E-state index in [2.05, 4.69) is 14.7 Å². The maximum absolute atomic E-state index is 12.2. The zero-order valence-electron chi connectivity index (χ0n) is 11.5. The van der Waals surface area contributed by atoms with Crippen LogP contribution in [0.15, 0.2) is 29.2 Å². The fourth-order valence-electron chi connectivity index (χ4n) is 1.74. The molecule has 0 aliphatic carbocycles. The summed E-state index contributed by atoms with van der Waals surface area (Å²) in [7, 11) is -3.74. The monoisotopic (exact) mass is 292 g/mol. The van der Waals surface area contributed by atoms with E-state index >= 15 is 0 Å². The second-order valence-corrected chi connectivity index (χ2v) is 6.28. The third-order valence-electron chi connectivity index (χ3n) is 2.77. The van der Waals surface area contributed by atoms with Crippen molar-refractivity contribution in [1.82, 2.24) is 9.97 Å². The van der Waals surface area contributed by atoms with Gasteiger partial charge in [0, 0.05) is 17.1 Å². The Kier molecular flexibility index (Phi) is 3.63. The van der Waals surface area contributed by atoms with Gasteiger partial charge in [-0.3, -0.25) is 0 Å². The number of aryl methyl sites for hydroxylation is 3. The number of hydrogen-bond donors (Lipinski definition) is 2. The van der Waals surface area contributed by atoms with Crippen molar-refractivity contribution in [3.8, 4) is 0 Å². The molecule has 6 nitrogen and oxygen atoms in total. The molecule has 0 radical (unpaired) electrons. The quantitative estimate of drug-likeness (QED) is 0.840. The van der Waals surface area contributed by atoms with Crippen molar-refractivity contribution < 1.29 is 8.42 Å². The van der Waals surface area contributed by atoms with Crippen molar-refractivity contribution in [2.24, 2.45) is 0 Å². The van der Waals surface area contributed by atoms with Crippen LogP contribution in [0.1, 0.15) is 17.0 Å². The lowest BCUT2D eigenvalue weighted by atomic mass is 10.2. The van der Waals surface area contributed by atoms with Gasteiger partial charge in [-0.15, -0.1) is 0 Å². The Morgan fingerprint density at radius 2 is 1.65 bits per heavy atom. The van der Waals surface area contributed by atoms with E-state index in [4.69, 9.17) is 5.73 Å². The molecular weight excluding hydrogens is 276 g/mol. The van der Waals surface area contributed by atoms with Gasteiger partial charge in [-0.05, 0) is 44.5 Å². The first-order valence-corrected chi connectivity index (χ1v) is 7.47. The van der Waals surface area contributed by atoms with Gasteiger partial charge < -0.3 is 5.73 Å². The lowest BCUT2D eigenvalue weighted by molar-refractivity contribution is 0.601. The fourth-order valence-corrected chi connectivity index (χ4v) is 2.72. The van der Waals surface area contributed by atoms with Crippen LogP contribution in [0.3, 0.4) is 0 Å². The average molecular weight is 292 g/mol. The number of hydrogen-bond acceptors (Lipinski definition) is 5. The van der Waals surface area contributed by atoms with Gasteiger partial charge in [0.1, 0.15) is 0 Å². The van der Waals surface area contributed by atoms with Crippen LogP contribution >= 0.6 is 0 Å². The lowest BCUT2D eigenvalue weighted by Gasteiger charge is -2.09. The average Bonchev–Trinajstić information content (AvgIpc) is 2.30. The van der Waals surface area contributed by atoms with E-state index in [1.54, 1.807) is 26.0 Å². The van der Waals surface area contributed by atoms with E-state index in [0.29, 0.717) is 17.1 Å². The minimum absolute atomic E-state index is 0.0571. The molecular formula is C13H16N4O2S. The zero-order valence-corrected chi connectivity index (χ0v) is 12.3. The molecule has 1 aromatic carbocycles. The largest absolute Gasteiger partial charge is 0.398 e. The molecule has 1 aromatic heterocycles. The minimum atomic E-state index is -3.74. The predicted molar refractivity (Wildman–Crippen MR) is 77.9 cm³/mol. The molecule has 0 aliphatic rings. The van der Waals surface area contributed by atoms with Gasteiger partial charge >= 0.3 is 0 Å². The topological polar surface area (TPSA) is 98.0 Å². The van der Waals surface area contributed by atoms with Crippen LogP contribution in [0.4, 0.5) is 11.6 Å². The van der Waals surface area contributed by atoms with Gasteiger partial charge in [-0.1, -0.05) is 6.07 Å². The van der Waals surface area contributed by atoms with Gasteiger partial charge in [0.2, 0.25) is 5.95 Å². The van der Waals surface area contributed by atoms with Crippen LogP contribution in [-0.4, -0.2) is 18.4 Å². The van der Waals surface area contributed by atoms with Crippen molar-refractivity contribution >= 4 is 21.7 Å². The molecule has 2 rings (SSSR count). The zero-order chi connectivity index (χ0) is 14.9. The maximum Gasteiger partial charge on any atom is 0.264 e. The van der Waals surface area contributed by atoms with Gasteiger partial charge in [0.15, 0.2) is 0 Å². The minimum Gasteiger partial charge on any atom is -0.398 e. The van der Waals surface area contributed by atoms with Gasteiger partial charge in [-0.2, -0.15) is 0 Å². The summed E-state index contributed by atoms with van der Waals surface area (Å²) >= 11 is 0. The molecule has 0 saturated carbocycles. The molecule has 3 N–H and O–H groups in total. The number of nitrogens with zero attached hydrogens (tertiary/aromatic N) is 2. The molecule has 20 heavy (non-hydrogen) atoms. The molecule has 0 amide bonds. The van der Waals surface area contributed by atoms with Crippen LogP contribution in [0.5, 0.6) is 0 Å². The van der Waals surface area contributed by atoms with Crippen LogP contribution in [0.25, 0.3) is 0 Å². The van der Waals surface area contributed by atoms with Crippen molar-refractivity contribution in [2.45, 2.75) is 25.7 Å². The van der Waals surface area contributed by atoms with Gasteiger partial charge in [-0.25, -0.2) is 23.1 Å². The standard InChI is InChI=1S/C13H16N4O2S/c1-8-4-5-11(7-12(8)14)20(18,19)17-13-15-9(2)6-10(3)16-13/h4-7H,14H2,1-3H3,(H,15,16,17). The summed E-state index contributed by atoms with van der Waals surface area (Å²) in [5, 5.41) is 0. The van der Waals surface area contributed by atoms with Crippen LogP contribution in [-0.2, 0) is 10.0 Å². The van der Waals surface area contributed by atoms with Crippen molar-refractivity contribution in [3.05, 3.63) is 41.2 Å². The highest BCUT2D eigenvalue weighted by Crippen LogP contribution is 2.19. The predicted octanol–water partition coefficient (Wildman–Crippen LogP) is 1.78. The molecule has 0 bridgehead atoms. The first-order chi connectivity index (χ1) is 9.28. The van der Waals surface area contributed by atoms with Gasteiger partial charge in [0.05, 0.1) is 4.90 Å². The number of anilines is 2. The molecule has 0 unspecified atom stereocenters. The Hall–Kier alpha value is -2.15. The molecule has 7 heteroatoms. The second kappa shape index (κ2) is 5.09. The summed E-state index contributed by atoms with van der Waals surface area (Å²) in [5.41, 5.74) is 8.37. The number of aromatic nitrogens is 2. The summed E-state index contributed by atoms with van der Waals surface area (Å²) < 4.78 is 26.8. The Bertz CT molecular complexity index is 737. The molecule has 0 spiro atoms. The van der Waals surface area contributed by atoms with Crippen LogP contribution in [0.2, 0.25) is 0 Å². The summed E-state index contributed by atoms with van der Waals surface area (Å²) in [6.45, 7) is 5.36. The summed E-state index contributed by atoms with van der Waals surface area (Å²) in [5.74, 6) is 0.0571. The third kappa shape index (κ3) is 3.05. The number of nitrogens with one attached hydrogen (secondary N) is 1. The number of sulfonamides is 1. The Labute approximate surface area is 118 Å². The fraction of sp³-hybridized carbons (Fsp3) is 0.231. The highest BCUT2D eigenvalue weighted by atomic mass is 32.2.